The van der Waals surface area contributed by atoms with Crippen molar-refractivity contribution in [1.29, 1.82) is 0 Å². The molecular weight excluding hydrogens is 332 g/mol. The number of rotatable bonds is 7. The van der Waals surface area contributed by atoms with Crippen LogP contribution in [-0.2, 0) is 4.79 Å². The second kappa shape index (κ2) is 9.46. The first-order valence-corrected chi connectivity index (χ1v) is 8.52. The molecule has 2 aromatic rings. The van der Waals surface area contributed by atoms with E-state index >= 15 is 0 Å². The van der Waals surface area contributed by atoms with Gasteiger partial charge in [-0.25, -0.2) is 0 Å². The SMILES string of the molecule is CCCOc1ccc(C(=O)NNC(=O)COc2cccc(C)c2C)cc1. The first-order valence-electron chi connectivity index (χ1n) is 8.52. The molecule has 0 atom stereocenters. The lowest BCUT2D eigenvalue weighted by molar-refractivity contribution is -0.123. The smallest absolute Gasteiger partial charge is 0.276 e. The van der Waals surface area contributed by atoms with Crippen LogP contribution >= 0.6 is 0 Å². The molecule has 0 aliphatic rings. The van der Waals surface area contributed by atoms with Crippen molar-refractivity contribution in [2.45, 2.75) is 27.2 Å². The second-order valence-corrected chi connectivity index (χ2v) is 5.86. The van der Waals surface area contributed by atoms with E-state index < -0.39 is 11.8 Å². The van der Waals surface area contributed by atoms with E-state index in [9.17, 15) is 9.59 Å². The largest absolute Gasteiger partial charge is 0.494 e. The highest BCUT2D eigenvalue weighted by Gasteiger charge is 2.09. The Morgan fingerprint density at radius 2 is 1.69 bits per heavy atom. The number of hydrazine groups is 1. The summed E-state index contributed by atoms with van der Waals surface area (Å²) in [6.45, 7) is 6.37. The van der Waals surface area contributed by atoms with Gasteiger partial charge in [-0.15, -0.1) is 0 Å². The fourth-order valence-corrected chi connectivity index (χ4v) is 2.18. The van der Waals surface area contributed by atoms with Gasteiger partial charge in [-0.2, -0.15) is 0 Å². The van der Waals surface area contributed by atoms with Gasteiger partial charge in [-0.05, 0) is 61.7 Å². The molecule has 0 saturated heterocycles. The number of carbonyl (C=O) groups is 2. The maximum Gasteiger partial charge on any atom is 0.276 e. The number of hydrogen-bond donors (Lipinski definition) is 2. The van der Waals surface area contributed by atoms with Crippen molar-refractivity contribution in [3.8, 4) is 11.5 Å². The van der Waals surface area contributed by atoms with Crippen molar-refractivity contribution in [3.05, 3.63) is 59.2 Å². The number of nitrogens with one attached hydrogen (secondary N) is 2. The Morgan fingerprint density at radius 3 is 2.38 bits per heavy atom. The van der Waals surface area contributed by atoms with E-state index in [4.69, 9.17) is 9.47 Å². The molecule has 0 radical (unpaired) electrons. The molecule has 0 spiro atoms. The Balaban J connectivity index is 1.79. The fourth-order valence-electron chi connectivity index (χ4n) is 2.18. The number of ether oxygens (including phenoxy) is 2. The Bertz CT molecular complexity index is 757. The number of hydrogen-bond acceptors (Lipinski definition) is 4. The second-order valence-electron chi connectivity index (χ2n) is 5.86. The number of carbonyl (C=O) groups excluding carboxylic acids is 2. The molecule has 0 heterocycles. The average Bonchev–Trinajstić information content (AvgIpc) is 2.66. The number of aryl methyl sites for hydroxylation is 1. The van der Waals surface area contributed by atoms with Gasteiger partial charge in [0.1, 0.15) is 11.5 Å². The summed E-state index contributed by atoms with van der Waals surface area (Å²) >= 11 is 0. The summed E-state index contributed by atoms with van der Waals surface area (Å²) in [5, 5.41) is 0. The third-order valence-corrected chi connectivity index (χ3v) is 3.82. The summed E-state index contributed by atoms with van der Waals surface area (Å²) < 4.78 is 11.0. The van der Waals surface area contributed by atoms with E-state index in [0.29, 0.717) is 23.7 Å². The molecule has 0 saturated carbocycles. The zero-order valence-corrected chi connectivity index (χ0v) is 15.3. The van der Waals surface area contributed by atoms with Gasteiger partial charge in [0.15, 0.2) is 6.61 Å². The summed E-state index contributed by atoms with van der Waals surface area (Å²) in [4.78, 5) is 23.9. The van der Waals surface area contributed by atoms with Crippen LogP contribution in [0.3, 0.4) is 0 Å². The Kier molecular flexibility index (Phi) is 7.02. The molecule has 0 aliphatic carbocycles. The monoisotopic (exact) mass is 356 g/mol. The zero-order valence-electron chi connectivity index (χ0n) is 15.3. The van der Waals surface area contributed by atoms with Gasteiger partial charge in [0.05, 0.1) is 6.61 Å². The Labute approximate surface area is 153 Å². The highest BCUT2D eigenvalue weighted by molar-refractivity contribution is 5.95. The highest BCUT2D eigenvalue weighted by atomic mass is 16.5. The molecule has 2 aromatic carbocycles. The van der Waals surface area contributed by atoms with Gasteiger partial charge >= 0.3 is 0 Å². The number of amides is 2. The van der Waals surface area contributed by atoms with Gasteiger partial charge in [-0.3, -0.25) is 20.4 Å². The molecule has 0 unspecified atom stereocenters. The van der Waals surface area contributed by atoms with Gasteiger partial charge in [0.2, 0.25) is 0 Å². The van der Waals surface area contributed by atoms with E-state index in [1.165, 1.54) is 0 Å². The fraction of sp³-hybridized carbons (Fsp3) is 0.300. The van der Waals surface area contributed by atoms with Crippen LogP contribution < -0.4 is 20.3 Å². The molecule has 138 valence electrons. The van der Waals surface area contributed by atoms with Crippen LogP contribution in [0.5, 0.6) is 11.5 Å². The third-order valence-electron chi connectivity index (χ3n) is 3.82. The minimum Gasteiger partial charge on any atom is -0.494 e. The molecule has 0 aliphatic heterocycles. The van der Waals surface area contributed by atoms with E-state index in [1.807, 2.05) is 32.9 Å². The van der Waals surface area contributed by atoms with Crippen LogP contribution in [0.4, 0.5) is 0 Å². The van der Waals surface area contributed by atoms with Gasteiger partial charge in [0, 0.05) is 5.56 Å². The molecule has 6 nitrogen and oxygen atoms in total. The highest BCUT2D eigenvalue weighted by Crippen LogP contribution is 2.20. The lowest BCUT2D eigenvalue weighted by Crippen LogP contribution is -2.43. The summed E-state index contributed by atoms with van der Waals surface area (Å²) in [5.74, 6) is 0.498. The average molecular weight is 356 g/mol. The predicted octanol–water partition coefficient (Wildman–Crippen LogP) is 2.93. The van der Waals surface area contributed by atoms with Crippen molar-refractivity contribution >= 4 is 11.8 Å². The molecule has 2 N–H and O–H groups in total. The Hall–Kier alpha value is -3.02. The summed E-state index contributed by atoms with van der Waals surface area (Å²) in [6, 6.07) is 12.4. The van der Waals surface area contributed by atoms with Crippen LogP contribution in [0, 0.1) is 13.8 Å². The summed E-state index contributed by atoms with van der Waals surface area (Å²) in [5.41, 5.74) is 7.19. The van der Waals surface area contributed by atoms with Crippen LogP contribution in [0.25, 0.3) is 0 Å². The summed E-state index contributed by atoms with van der Waals surface area (Å²) in [7, 11) is 0. The predicted molar refractivity (Wildman–Crippen MR) is 99.2 cm³/mol. The molecule has 0 aromatic heterocycles. The molecule has 0 fully saturated rings. The van der Waals surface area contributed by atoms with Gasteiger partial charge in [0.25, 0.3) is 11.8 Å². The van der Waals surface area contributed by atoms with Crippen LogP contribution in [0.15, 0.2) is 42.5 Å². The van der Waals surface area contributed by atoms with Crippen molar-refractivity contribution < 1.29 is 19.1 Å². The van der Waals surface area contributed by atoms with E-state index in [1.54, 1.807) is 30.3 Å². The van der Waals surface area contributed by atoms with Crippen LogP contribution in [-0.4, -0.2) is 25.0 Å². The zero-order chi connectivity index (χ0) is 18.9. The minimum atomic E-state index is -0.442. The molecule has 6 heteroatoms. The van der Waals surface area contributed by atoms with E-state index in [-0.39, 0.29) is 6.61 Å². The van der Waals surface area contributed by atoms with Crippen molar-refractivity contribution in [3.63, 3.8) is 0 Å². The van der Waals surface area contributed by atoms with Crippen LogP contribution in [0.1, 0.15) is 34.8 Å². The standard InChI is InChI=1S/C20H24N2O4/c1-4-12-25-17-10-8-16(9-11-17)20(24)22-21-19(23)13-26-18-7-5-6-14(2)15(18)3/h5-11H,4,12-13H2,1-3H3,(H,21,23)(H,22,24). The lowest BCUT2D eigenvalue weighted by Gasteiger charge is -2.11. The third kappa shape index (κ3) is 5.51. The first-order chi connectivity index (χ1) is 12.5. The van der Waals surface area contributed by atoms with Crippen molar-refractivity contribution in [1.82, 2.24) is 10.9 Å². The molecule has 2 rings (SSSR count). The van der Waals surface area contributed by atoms with E-state index in [0.717, 1.165) is 17.5 Å². The van der Waals surface area contributed by atoms with Crippen LogP contribution in [0.2, 0.25) is 0 Å². The van der Waals surface area contributed by atoms with Crippen molar-refractivity contribution in [2.75, 3.05) is 13.2 Å². The minimum absolute atomic E-state index is 0.186. The molecule has 26 heavy (non-hydrogen) atoms. The maximum absolute atomic E-state index is 12.0. The number of benzene rings is 2. The topological polar surface area (TPSA) is 76.7 Å². The summed E-state index contributed by atoms with van der Waals surface area (Å²) in [6.07, 6.45) is 0.915. The lowest BCUT2D eigenvalue weighted by atomic mass is 10.1. The Morgan fingerprint density at radius 1 is 0.962 bits per heavy atom. The normalized spacial score (nSPS) is 10.1. The van der Waals surface area contributed by atoms with Gasteiger partial charge in [-0.1, -0.05) is 19.1 Å². The van der Waals surface area contributed by atoms with Gasteiger partial charge < -0.3 is 9.47 Å². The quantitative estimate of drug-likeness (QED) is 0.748. The van der Waals surface area contributed by atoms with E-state index in [2.05, 4.69) is 10.9 Å². The van der Waals surface area contributed by atoms with Crippen molar-refractivity contribution in [2.24, 2.45) is 0 Å². The molecule has 2 amide bonds. The first kappa shape index (κ1) is 19.3. The molecule has 0 bridgehead atoms. The molecular formula is C20H24N2O4. The maximum atomic E-state index is 12.0.